The van der Waals surface area contributed by atoms with Crippen molar-refractivity contribution in [1.82, 2.24) is 4.98 Å². The van der Waals surface area contributed by atoms with Crippen molar-refractivity contribution in [3.8, 4) is 0 Å². The van der Waals surface area contributed by atoms with Crippen LogP contribution in [0.15, 0.2) is 12.3 Å². The molecule has 0 aliphatic rings. The highest BCUT2D eigenvalue weighted by Gasteiger charge is 2.08. The summed E-state index contributed by atoms with van der Waals surface area (Å²) in [5, 5.41) is 13.4. The highest BCUT2D eigenvalue weighted by Crippen LogP contribution is 2.17. The molecule has 0 aliphatic carbocycles. The number of nitrogens with one attached hydrogen (secondary N) is 1. The Kier molecular flexibility index (Phi) is 3.35. The second kappa shape index (κ2) is 4.52. The Hall–Kier alpha value is -1.69. The molecule has 0 saturated carbocycles. The van der Waals surface area contributed by atoms with Crippen molar-refractivity contribution in [1.29, 1.82) is 0 Å². The van der Waals surface area contributed by atoms with Gasteiger partial charge in [0, 0.05) is 19.2 Å². The second-order valence-corrected chi connectivity index (χ2v) is 2.83. The summed E-state index contributed by atoms with van der Waals surface area (Å²) in [6.45, 7) is 2.86. The van der Waals surface area contributed by atoms with Crippen molar-refractivity contribution in [3.05, 3.63) is 27.9 Å². The first-order valence-corrected chi connectivity index (χ1v) is 4.20. The lowest BCUT2D eigenvalue weighted by molar-refractivity contribution is -0.385. The standard InChI is InChI=1S/C8H12N4O2/c1-6-4-7(12(13)14)5-11-8(6)10-3-2-9/h4-5H,2-3,9H2,1H3,(H,10,11). The van der Waals surface area contributed by atoms with E-state index in [1.165, 1.54) is 12.3 Å². The van der Waals surface area contributed by atoms with E-state index in [1.54, 1.807) is 6.92 Å². The van der Waals surface area contributed by atoms with Crippen LogP contribution in [0.2, 0.25) is 0 Å². The van der Waals surface area contributed by atoms with Crippen LogP contribution in [0, 0.1) is 17.0 Å². The van der Waals surface area contributed by atoms with Crippen LogP contribution in [0.1, 0.15) is 5.56 Å². The van der Waals surface area contributed by atoms with Gasteiger partial charge in [-0.15, -0.1) is 0 Å². The lowest BCUT2D eigenvalue weighted by Crippen LogP contribution is -2.14. The Balaban J connectivity index is 2.84. The van der Waals surface area contributed by atoms with Crippen LogP contribution in [-0.2, 0) is 0 Å². The molecule has 1 rings (SSSR count). The zero-order chi connectivity index (χ0) is 10.6. The number of nitrogens with zero attached hydrogens (tertiary/aromatic N) is 2. The van der Waals surface area contributed by atoms with E-state index in [4.69, 9.17) is 5.73 Å². The zero-order valence-electron chi connectivity index (χ0n) is 7.86. The average Bonchev–Trinajstić information content (AvgIpc) is 2.15. The maximum atomic E-state index is 10.4. The van der Waals surface area contributed by atoms with Crippen LogP contribution >= 0.6 is 0 Å². The summed E-state index contributed by atoms with van der Waals surface area (Å²) in [6.07, 6.45) is 1.23. The molecule has 0 atom stereocenters. The van der Waals surface area contributed by atoms with Crippen LogP contribution in [0.3, 0.4) is 0 Å². The second-order valence-electron chi connectivity index (χ2n) is 2.83. The van der Waals surface area contributed by atoms with Gasteiger partial charge in [-0.3, -0.25) is 10.1 Å². The lowest BCUT2D eigenvalue weighted by atomic mass is 10.2. The van der Waals surface area contributed by atoms with Gasteiger partial charge in [0.25, 0.3) is 5.69 Å². The van der Waals surface area contributed by atoms with E-state index in [2.05, 4.69) is 10.3 Å². The zero-order valence-corrected chi connectivity index (χ0v) is 7.86. The van der Waals surface area contributed by atoms with Gasteiger partial charge in [0.15, 0.2) is 0 Å². The maximum absolute atomic E-state index is 10.4. The first kappa shape index (κ1) is 10.4. The Morgan fingerprint density at radius 2 is 2.43 bits per heavy atom. The first-order chi connectivity index (χ1) is 6.65. The molecular formula is C8H12N4O2. The summed E-state index contributed by atoms with van der Waals surface area (Å²) in [5.41, 5.74) is 6.05. The molecule has 6 heteroatoms. The molecule has 3 N–H and O–H groups in total. The minimum absolute atomic E-state index is 0.000739. The number of nitro groups is 1. The molecule has 1 aromatic rings. The largest absolute Gasteiger partial charge is 0.369 e. The first-order valence-electron chi connectivity index (χ1n) is 4.20. The molecule has 1 heterocycles. The average molecular weight is 196 g/mol. The van der Waals surface area contributed by atoms with Gasteiger partial charge < -0.3 is 11.1 Å². The third kappa shape index (κ3) is 2.40. The normalized spacial score (nSPS) is 9.86. The molecule has 0 radical (unpaired) electrons. The maximum Gasteiger partial charge on any atom is 0.287 e. The van der Waals surface area contributed by atoms with Gasteiger partial charge in [0.05, 0.1) is 4.92 Å². The predicted molar refractivity (Wildman–Crippen MR) is 53.2 cm³/mol. The fourth-order valence-electron chi connectivity index (χ4n) is 1.04. The third-order valence-electron chi connectivity index (χ3n) is 1.71. The highest BCUT2D eigenvalue weighted by atomic mass is 16.6. The van der Waals surface area contributed by atoms with Crippen LogP contribution in [0.4, 0.5) is 11.5 Å². The van der Waals surface area contributed by atoms with Crippen molar-refractivity contribution in [3.63, 3.8) is 0 Å². The van der Waals surface area contributed by atoms with Gasteiger partial charge in [-0.2, -0.15) is 0 Å². The molecule has 6 nitrogen and oxygen atoms in total. The van der Waals surface area contributed by atoms with Crippen LogP contribution < -0.4 is 11.1 Å². The van der Waals surface area contributed by atoms with Gasteiger partial charge >= 0.3 is 0 Å². The third-order valence-corrected chi connectivity index (χ3v) is 1.71. The molecule has 1 aromatic heterocycles. The molecule has 0 aliphatic heterocycles. The molecule has 0 saturated heterocycles. The molecule has 0 spiro atoms. The highest BCUT2D eigenvalue weighted by molar-refractivity contribution is 5.48. The van der Waals surface area contributed by atoms with E-state index in [1.807, 2.05) is 0 Å². The van der Waals surface area contributed by atoms with Crippen molar-refractivity contribution in [2.45, 2.75) is 6.92 Å². The van der Waals surface area contributed by atoms with E-state index < -0.39 is 4.92 Å². The summed E-state index contributed by atoms with van der Waals surface area (Å²) in [4.78, 5) is 13.9. The summed E-state index contributed by atoms with van der Waals surface area (Å²) in [5.74, 6) is 0.640. The number of rotatable bonds is 4. The number of aromatic nitrogens is 1. The topological polar surface area (TPSA) is 94.1 Å². The molecule has 0 unspecified atom stereocenters. The van der Waals surface area contributed by atoms with Crippen molar-refractivity contribution in [2.24, 2.45) is 5.73 Å². The number of hydrogen-bond acceptors (Lipinski definition) is 5. The molecule has 76 valence electrons. The van der Waals surface area contributed by atoms with Gasteiger partial charge in [0.2, 0.25) is 0 Å². The predicted octanol–water partition coefficient (Wildman–Crippen LogP) is 0.669. The van der Waals surface area contributed by atoms with Gasteiger partial charge in [0.1, 0.15) is 12.0 Å². The number of nitrogens with two attached hydrogens (primary N) is 1. The Labute approximate surface area is 81.3 Å². The van der Waals surface area contributed by atoms with E-state index >= 15 is 0 Å². The van der Waals surface area contributed by atoms with E-state index in [0.717, 1.165) is 5.56 Å². The SMILES string of the molecule is Cc1cc([N+](=O)[O-])cnc1NCCN. The lowest BCUT2D eigenvalue weighted by Gasteiger charge is -2.05. The number of pyridine rings is 1. The van der Waals surface area contributed by atoms with E-state index in [-0.39, 0.29) is 5.69 Å². The fourth-order valence-corrected chi connectivity index (χ4v) is 1.04. The molecule has 0 bridgehead atoms. The van der Waals surface area contributed by atoms with Gasteiger partial charge in [-0.1, -0.05) is 0 Å². The number of aryl methyl sites for hydroxylation is 1. The van der Waals surface area contributed by atoms with Crippen molar-refractivity contribution >= 4 is 11.5 Å². The Morgan fingerprint density at radius 3 is 2.93 bits per heavy atom. The molecule has 14 heavy (non-hydrogen) atoms. The fraction of sp³-hybridized carbons (Fsp3) is 0.375. The molecular weight excluding hydrogens is 184 g/mol. The summed E-state index contributed by atoms with van der Waals surface area (Å²) in [6, 6.07) is 1.48. The van der Waals surface area contributed by atoms with Crippen LogP contribution in [-0.4, -0.2) is 23.0 Å². The minimum atomic E-state index is -0.466. The molecule has 0 amide bonds. The number of anilines is 1. The summed E-state index contributed by atoms with van der Waals surface area (Å²) < 4.78 is 0. The van der Waals surface area contributed by atoms with E-state index in [0.29, 0.717) is 18.9 Å². The van der Waals surface area contributed by atoms with Crippen molar-refractivity contribution in [2.75, 3.05) is 18.4 Å². The van der Waals surface area contributed by atoms with Crippen LogP contribution in [0.25, 0.3) is 0 Å². The smallest absolute Gasteiger partial charge is 0.287 e. The Morgan fingerprint density at radius 1 is 1.71 bits per heavy atom. The quantitative estimate of drug-likeness (QED) is 0.545. The van der Waals surface area contributed by atoms with E-state index in [9.17, 15) is 10.1 Å². The molecule has 0 fully saturated rings. The molecule has 0 aromatic carbocycles. The number of hydrogen-bond donors (Lipinski definition) is 2. The minimum Gasteiger partial charge on any atom is -0.369 e. The van der Waals surface area contributed by atoms with Crippen LogP contribution in [0.5, 0.6) is 0 Å². The summed E-state index contributed by atoms with van der Waals surface area (Å²) in [7, 11) is 0. The monoisotopic (exact) mass is 196 g/mol. The Bertz CT molecular complexity index is 340. The van der Waals surface area contributed by atoms with Gasteiger partial charge in [-0.05, 0) is 12.5 Å². The van der Waals surface area contributed by atoms with Gasteiger partial charge in [-0.25, -0.2) is 4.98 Å². The van der Waals surface area contributed by atoms with Crippen molar-refractivity contribution < 1.29 is 4.92 Å². The summed E-state index contributed by atoms with van der Waals surface area (Å²) >= 11 is 0.